The highest BCUT2D eigenvalue weighted by Crippen LogP contribution is 2.39. The zero-order chi connectivity index (χ0) is 23.3. The molecule has 0 spiro atoms. The maximum Gasteiger partial charge on any atom is 0.128 e. The smallest absolute Gasteiger partial charge is 0.128 e. The predicted octanol–water partition coefficient (Wildman–Crippen LogP) is 5.12. The van der Waals surface area contributed by atoms with Crippen LogP contribution < -0.4 is 14.2 Å². The zero-order valence-electron chi connectivity index (χ0n) is 19.4. The highest BCUT2D eigenvalue weighted by atomic mass is 32.2. The number of benzene rings is 3. The third-order valence-corrected chi connectivity index (χ3v) is 7.18. The van der Waals surface area contributed by atoms with Gasteiger partial charge in [-0.15, -0.1) is 0 Å². The second kappa shape index (κ2) is 10.1. The summed E-state index contributed by atoms with van der Waals surface area (Å²) in [6.45, 7) is 7.62. The van der Waals surface area contributed by atoms with Crippen LogP contribution in [0.2, 0.25) is 0 Å². The molecular weight excluding hydrogens is 434 g/mol. The molecule has 1 aliphatic heterocycles. The summed E-state index contributed by atoms with van der Waals surface area (Å²) in [6.07, 6.45) is 0. The number of nitrogens with one attached hydrogen (secondary N) is 1. The molecule has 0 saturated carbocycles. The Hall–Kier alpha value is -2.67. The minimum absolute atomic E-state index is 0.396. The fraction of sp³-hybridized carbons (Fsp3) is 0.333. The lowest BCUT2D eigenvalue weighted by atomic mass is 9.88. The van der Waals surface area contributed by atoms with E-state index in [2.05, 4.69) is 4.72 Å². The molecule has 174 valence electrons. The maximum atomic E-state index is 12.9. The molecule has 6 heteroatoms. The van der Waals surface area contributed by atoms with E-state index in [1.165, 1.54) is 0 Å². The topological polar surface area (TPSA) is 56.8 Å². The van der Waals surface area contributed by atoms with E-state index in [1.54, 1.807) is 0 Å². The largest absolute Gasteiger partial charge is 0.489 e. The summed E-state index contributed by atoms with van der Waals surface area (Å²) in [5.74, 6) is 1.42. The fourth-order valence-corrected chi connectivity index (χ4v) is 4.38. The average molecular weight is 466 g/mol. The van der Waals surface area contributed by atoms with Crippen molar-refractivity contribution in [3.63, 3.8) is 0 Å². The van der Waals surface area contributed by atoms with Crippen LogP contribution in [0.15, 0.2) is 78.9 Å². The summed E-state index contributed by atoms with van der Waals surface area (Å²) in [5.41, 5.74) is 2.53. The molecule has 0 radical (unpaired) electrons. The Bertz CT molecular complexity index is 1080. The van der Waals surface area contributed by atoms with Gasteiger partial charge in [-0.05, 0) is 44.0 Å². The van der Waals surface area contributed by atoms with E-state index in [9.17, 15) is 4.21 Å². The molecule has 1 N–H and O–H groups in total. The van der Waals surface area contributed by atoms with Crippen LogP contribution in [0.1, 0.15) is 37.5 Å². The Labute approximate surface area is 198 Å². The minimum atomic E-state index is -1.25. The van der Waals surface area contributed by atoms with Crippen LogP contribution in [-0.2, 0) is 34.5 Å². The van der Waals surface area contributed by atoms with Crippen molar-refractivity contribution in [3.8, 4) is 11.5 Å². The van der Waals surface area contributed by atoms with Crippen molar-refractivity contribution >= 4 is 11.0 Å². The van der Waals surface area contributed by atoms with Crippen molar-refractivity contribution < 1.29 is 18.4 Å². The lowest BCUT2D eigenvalue weighted by molar-refractivity contribution is -0.0671. The Morgan fingerprint density at radius 3 is 1.97 bits per heavy atom. The first-order valence-electron chi connectivity index (χ1n) is 11.1. The van der Waals surface area contributed by atoms with Gasteiger partial charge in [0.2, 0.25) is 0 Å². The van der Waals surface area contributed by atoms with Crippen molar-refractivity contribution in [2.45, 2.75) is 44.3 Å². The van der Waals surface area contributed by atoms with Crippen molar-refractivity contribution in [1.82, 2.24) is 4.72 Å². The van der Waals surface area contributed by atoms with E-state index < -0.39 is 21.3 Å². The standard InChI is InChI=1S/C27H31NO4S/c1-26(2,3)33(29)28-27(19-30-20-27)24-15-14-23(31-17-21-10-6-4-7-11-21)16-25(24)32-18-22-12-8-5-9-13-22/h4-16,28H,17-20H2,1-3H3. The van der Waals surface area contributed by atoms with Crippen molar-refractivity contribution in [1.29, 1.82) is 0 Å². The minimum Gasteiger partial charge on any atom is -0.489 e. The number of ether oxygens (including phenoxy) is 3. The van der Waals surface area contributed by atoms with Crippen molar-refractivity contribution in [3.05, 3.63) is 95.6 Å². The van der Waals surface area contributed by atoms with Crippen molar-refractivity contribution in [2.24, 2.45) is 0 Å². The third kappa shape index (κ3) is 5.82. The van der Waals surface area contributed by atoms with Crippen LogP contribution >= 0.6 is 0 Å². The molecule has 0 aliphatic carbocycles. The number of rotatable bonds is 9. The molecule has 3 aromatic carbocycles. The van der Waals surface area contributed by atoms with Gasteiger partial charge in [0, 0.05) is 11.6 Å². The summed E-state index contributed by atoms with van der Waals surface area (Å²) in [7, 11) is -1.25. The van der Waals surface area contributed by atoms with Gasteiger partial charge >= 0.3 is 0 Å². The van der Waals surface area contributed by atoms with Gasteiger partial charge in [-0.1, -0.05) is 60.7 Å². The normalized spacial score (nSPS) is 16.0. The Morgan fingerprint density at radius 1 is 0.879 bits per heavy atom. The van der Waals surface area contributed by atoms with Gasteiger partial charge in [0.05, 0.1) is 28.9 Å². The second-order valence-corrected chi connectivity index (χ2v) is 11.2. The Kier molecular flexibility index (Phi) is 7.17. The molecule has 1 saturated heterocycles. The molecule has 0 bridgehead atoms. The molecule has 5 nitrogen and oxygen atoms in total. The quantitative estimate of drug-likeness (QED) is 0.476. The van der Waals surface area contributed by atoms with E-state index in [1.807, 2.05) is 99.6 Å². The molecule has 3 aromatic rings. The molecule has 4 rings (SSSR count). The molecule has 33 heavy (non-hydrogen) atoms. The molecule has 1 unspecified atom stereocenters. The van der Waals surface area contributed by atoms with Crippen molar-refractivity contribution in [2.75, 3.05) is 13.2 Å². The van der Waals surface area contributed by atoms with Gasteiger partial charge < -0.3 is 14.2 Å². The number of hydrogen-bond donors (Lipinski definition) is 1. The SMILES string of the molecule is CC(C)(C)S(=O)NC1(c2ccc(OCc3ccccc3)cc2OCc2ccccc2)COC1. The fourth-order valence-electron chi connectivity index (χ4n) is 3.49. The van der Waals surface area contributed by atoms with Gasteiger partial charge in [0.25, 0.3) is 0 Å². The van der Waals surface area contributed by atoms with Crippen LogP contribution in [0.3, 0.4) is 0 Å². The van der Waals surface area contributed by atoms with E-state index in [0.29, 0.717) is 32.2 Å². The summed E-state index contributed by atoms with van der Waals surface area (Å²) in [4.78, 5) is 0. The summed E-state index contributed by atoms with van der Waals surface area (Å²) >= 11 is 0. The lowest BCUT2D eigenvalue weighted by Gasteiger charge is -2.44. The van der Waals surface area contributed by atoms with Crippen LogP contribution in [0.5, 0.6) is 11.5 Å². The lowest BCUT2D eigenvalue weighted by Crippen LogP contribution is -2.60. The van der Waals surface area contributed by atoms with E-state index in [4.69, 9.17) is 14.2 Å². The molecule has 1 fully saturated rings. The molecule has 0 aromatic heterocycles. The van der Waals surface area contributed by atoms with Gasteiger partial charge in [-0.2, -0.15) is 0 Å². The summed E-state index contributed by atoms with van der Waals surface area (Å²) in [6, 6.07) is 25.9. The van der Waals surface area contributed by atoms with Crippen LogP contribution in [0.25, 0.3) is 0 Å². The third-order valence-electron chi connectivity index (χ3n) is 5.50. The van der Waals surface area contributed by atoms with Gasteiger partial charge in [-0.25, -0.2) is 8.93 Å². The summed E-state index contributed by atoms with van der Waals surface area (Å²) < 4.78 is 33.8. The maximum absolute atomic E-state index is 12.9. The Morgan fingerprint density at radius 2 is 1.45 bits per heavy atom. The zero-order valence-corrected chi connectivity index (χ0v) is 20.2. The first-order valence-corrected chi connectivity index (χ1v) is 12.3. The van der Waals surface area contributed by atoms with E-state index in [-0.39, 0.29) is 0 Å². The number of hydrogen-bond acceptors (Lipinski definition) is 4. The molecule has 1 aliphatic rings. The first kappa shape index (κ1) is 23.5. The highest BCUT2D eigenvalue weighted by Gasteiger charge is 2.45. The van der Waals surface area contributed by atoms with Gasteiger partial charge in [0.15, 0.2) is 0 Å². The van der Waals surface area contributed by atoms with Crippen LogP contribution in [-0.4, -0.2) is 22.2 Å². The average Bonchev–Trinajstić information content (AvgIpc) is 2.79. The van der Waals surface area contributed by atoms with Crippen LogP contribution in [0.4, 0.5) is 0 Å². The van der Waals surface area contributed by atoms with Gasteiger partial charge in [0.1, 0.15) is 30.3 Å². The molecule has 0 amide bonds. The first-order chi connectivity index (χ1) is 15.9. The van der Waals surface area contributed by atoms with Crippen LogP contribution in [0, 0.1) is 0 Å². The van der Waals surface area contributed by atoms with E-state index in [0.717, 1.165) is 22.4 Å². The predicted molar refractivity (Wildman–Crippen MR) is 132 cm³/mol. The Balaban J connectivity index is 1.60. The molecule has 1 atom stereocenters. The van der Waals surface area contributed by atoms with E-state index >= 15 is 0 Å². The second-order valence-electron chi connectivity index (χ2n) is 9.26. The molecular formula is C27H31NO4S. The summed E-state index contributed by atoms with van der Waals surface area (Å²) in [5, 5.41) is 0. The monoisotopic (exact) mass is 465 g/mol. The highest BCUT2D eigenvalue weighted by molar-refractivity contribution is 7.84. The van der Waals surface area contributed by atoms with Gasteiger partial charge in [-0.3, -0.25) is 0 Å². The molecule has 1 heterocycles.